The zero-order valence-corrected chi connectivity index (χ0v) is 14.2. The summed E-state index contributed by atoms with van der Waals surface area (Å²) in [5.74, 6) is 0.592. The Bertz CT molecular complexity index is 399. The average molecular weight is 318 g/mol. The summed E-state index contributed by atoms with van der Waals surface area (Å²) in [5.41, 5.74) is 0. The van der Waals surface area contributed by atoms with Crippen LogP contribution in [-0.2, 0) is 10.2 Å². The topological polar surface area (TPSA) is 64.7 Å². The van der Waals surface area contributed by atoms with Crippen molar-refractivity contribution in [1.29, 1.82) is 0 Å². The summed E-state index contributed by atoms with van der Waals surface area (Å²) in [6.07, 6.45) is 5.24. The number of hydrogen-bond donors (Lipinski definition) is 2. The van der Waals surface area contributed by atoms with E-state index in [1.165, 1.54) is 6.42 Å². The van der Waals surface area contributed by atoms with E-state index in [9.17, 15) is 8.42 Å². The van der Waals surface area contributed by atoms with Crippen molar-refractivity contribution < 1.29 is 8.42 Å². The first-order chi connectivity index (χ1) is 9.97. The molecule has 0 amide bonds. The molecule has 2 rings (SSSR count). The van der Waals surface area contributed by atoms with E-state index in [4.69, 9.17) is 0 Å². The summed E-state index contributed by atoms with van der Waals surface area (Å²) in [5, 5.41) is 5.30. The van der Waals surface area contributed by atoms with Gasteiger partial charge in [-0.15, -0.1) is 4.83 Å². The van der Waals surface area contributed by atoms with Gasteiger partial charge in [0.05, 0.1) is 0 Å². The van der Waals surface area contributed by atoms with E-state index in [0.717, 1.165) is 45.3 Å². The van der Waals surface area contributed by atoms with Crippen molar-refractivity contribution in [3.63, 3.8) is 0 Å². The molecule has 0 aliphatic carbocycles. The summed E-state index contributed by atoms with van der Waals surface area (Å²) in [4.78, 5) is 2.75. The molecular formula is C14H30N4O2S. The van der Waals surface area contributed by atoms with Gasteiger partial charge in [0.25, 0.3) is 10.2 Å². The van der Waals surface area contributed by atoms with Gasteiger partial charge in [-0.1, -0.05) is 20.3 Å². The van der Waals surface area contributed by atoms with Crippen molar-refractivity contribution in [2.75, 3.05) is 32.7 Å². The number of hydrazine groups is 1. The van der Waals surface area contributed by atoms with Crippen LogP contribution >= 0.6 is 0 Å². The molecule has 0 aromatic rings. The molecular weight excluding hydrogens is 288 g/mol. The van der Waals surface area contributed by atoms with Crippen LogP contribution in [0, 0.1) is 5.92 Å². The molecule has 0 spiro atoms. The summed E-state index contributed by atoms with van der Waals surface area (Å²) in [7, 11) is -3.35. The van der Waals surface area contributed by atoms with Crippen molar-refractivity contribution in [2.24, 2.45) is 5.92 Å². The van der Waals surface area contributed by atoms with Gasteiger partial charge in [-0.2, -0.15) is 12.7 Å². The number of nitrogens with zero attached hydrogens (tertiary/aromatic N) is 2. The fourth-order valence-corrected chi connectivity index (χ4v) is 4.28. The van der Waals surface area contributed by atoms with Crippen LogP contribution in [0.3, 0.4) is 0 Å². The fourth-order valence-electron chi connectivity index (χ4n) is 2.96. The lowest BCUT2D eigenvalue weighted by Crippen LogP contribution is -2.53. The molecule has 0 unspecified atom stereocenters. The van der Waals surface area contributed by atoms with E-state index in [0.29, 0.717) is 25.0 Å². The third-order valence-corrected chi connectivity index (χ3v) is 5.86. The molecule has 2 aliphatic rings. The van der Waals surface area contributed by atoms with Crippen LogP contribution in [0.5, 0.6) is 0 Å². The Morgan fingerprint density at radius 1 is 1.05 bits per heavy atom. The smallest absolute Gasteiger partial charge is 0.292 e. The third kappa shape index (κ3) is 5.49. The summed E-state index contributed by atoms with van der Waals surface area (Å²) >= 11 is 0. The normalized spacial score (nSPS) is 23.8. The molecule has 2 N–H and O–H groups in total. The lowest BCUT2D eigenvalue weighted by Gasteiger charge is -2.34. The predicted octanol–water partition coefficient (Wildman–Crippen LogP) is 0.932. The highest BCUT2D eigenvalue weighted by Gasteiger charge is 2.29. The number of nitrogens with one attached hydrogen (secondary N) is 2. The first-order valence-corrected chi connectivity index (χ1v) is 9.67. The van der Waals surface area contributed by atoms with E-state index >= 15 is 0 Å². The number of hydrogen-bond acceptors (Lipinski definition) is 4. The maximum Gasteiger partial charge on any atom is 0.292 e. The third-order valence-electron chi connectivity index (χ3n) is 4.33. The van der Waals surface area contributed by atoms with Crippen molar-refractivity contribution in [1.82, 2.24) is 19.5 Å². The Morgan fingerprint density at radius 2 is 1.67 bits per heavy atom. The van der Waals surface area contributed by atoms with Crippen molar-refractivity contribution in [2.45, 2.75) is 52.0 Å². The van der Waals surface area contributed by atoms with Crippen molar-refractivity contribution in [3.8, 4) is 0 Å². The van der Waals surface area contributed by atoms with Crippen LogP contribution in [0.4, 0.5) is 0 Å². The summed E-state index contributed by atoms with van der Waals surface area (Å²) in [6, 6.07) is 0.493. The SMILES string of the molecule is CC(C)NCC1CCN(S(=O)(=O)NN2CCCCC2)CC1. The Labute approximate surface area is 129 Å². The van der Waals surface area contributed by atoms with E-state index in [1.54, 1.807) is 4.31 Å². The molecule has 2 heterocycles. The van der Waals surface area contributed by atoms with Gasteiger partial charge in [-0.25, -0.2) is 5.01 Å². The summed E-state index contributed by atoms with van der Waals surface area (Å²) < 4.78 is 26.4. The lowest BCUT2D eigenvalue weighted by atomic mass is 9.98. The molecule has 2 aliphatic heterocycles. The van der Waals surface area contributed by atoms with E-state index < -0.39 is 10.2 Å². The van der Waals surface area contributed by atoms with Gasteiger partial charge in [0, 0.05) is 32.2 Å². The Morgan fingerprint density at radius 3 is 2.24 bits per heavy atom. The molecule has 0 bridgehead atoms. The minimum absolute atomic E-state index is 0.493. The predicted molar refractivity (Wildman–Crippen MR) is 84.9 cm³/mol. The number of rotatable bonds is 6. The molecule has 0 atom stereocenters. The maximum atomic E-state index is 12.4. The van der Waals surface area contributed by atoms with Crippen molar-refractivity contribution in [3.05, 3.63) is 0 Å². The van der Waals surface area contributed by atoms with Crippen LogP contribution in [0.2, 0.25) is 0 Å². The Kier molecular flexibility index (Phi) is 6.43. The molecule has 124 valence electrons. The standard InChI is InChI=1S/C14H30N4O2S/c1-13(2)15-12-14-6-10-18(11-7-14)21(19,20)16-17-8-4-3-5-9-17/h13-16H,3-12H2,1-2H3. The zero-order chi connectivity index (χ0) is 15.3. The minimum Gasteiger partial charge on any atom is -0.314 e. The molecule has 2 fully saturated rings. The average Bonchev–Trinajstić information content (AvgIpc) is 2.46. The number of piperidine rings is 2. The van der Waals surface area contributed by atoms with Gasteiger partial charge in [0.1, 0.15) is 0 Å². The van der Waals surface area contributed by atoms with Crippen LogP contribution in [0.1, 0.15) is 46.0 Å². The quantitative estimate of drug-likeness (QED) is 0.765. The van der Waals surface area contributed by atoms with E-state index in [-0.39, 0.29) is 0 Å². The van der Waals surface area contributed by atoms with E-state index in [1.807, 2.05) is 5.01 Å². The minimum atomic E-state index is -3.35. The molecule has 2 saturated heterocycles. The lowest BCUT2D eigenvalue weighted by molar-refractivity contribution is 0.186. The second-order valence-electron chi connectivity index (χ2n) is 6.55. The van der Waals surface area contributed by atoms with E-state index in [2.05, 4.69) is 24.0 Å². The maximum absolute atomic E-state index is 12.4. The second kappa shape index (κ2) is 7.87. The molecule has 0 aromatic heterocycles. The molecule has 7 heteroatoms. The van der Waals surface area contributed by atoms with Crippen molar-refractivity contribution >= 4 is 10.2 Å². The van der Waals surface area contributed by atoms with Crippen LogP contribution in [0.15, 0.2) is 0 Å². The van der Waals surface area contributed by atoms with Gasteiger partial charge < -0.3 is 5.32 Å². The highest BCUT2D eigenvalue weighted by atomic mass is 32.2. The van der Waals surface area contributed by atoms with Gasteiger partial charge in [-0.05, 0) is 38.1 Å². The second-order valence-corrected chi connectivity index (χ2v) is 8.20. The monoisotopic (exact) mass is 318 g/mol. The molecule has 0 radical (unpaired) electrons. The Hall–Kier alpha value is -0.210. The summed E-state index contributed by atoms with van der Waals surface area (Å²) in [6.45, 7) is 8.19. The Balaban J connectivity index is 1.77. The van der Waals surface area contributed by atoms with Gasteiger partial charge in [-0.3, -0.25) is 0 Å². The molecule has 21 heavy (non-hydrogen) atoms. The first kappa shape index (κ1) is 17.1. The highest BCUT2D eigenvalue weighted by molar-refractivity contribution is 7.87. The molecule has 6 nitrogen and oxygen atoms in total. The molecule has 0 saturated carbocycles. The fraction of sp³-hybridized carbons (Fsp3) is 1.00. The van der Waals surface area contributed by atoms with Crippen LogP contribution < -0.4 is 10.1 Å². The van der Waals surface area contributed by atoms with Crippen LogP contribution in [-0.4, -0.2) is 56.5 Å². The highest BCUT2D eigenvalue weighted by Crippen LogP contribution is 2.19. The first-order valence-electron chi connectivity index (χ1n) is 8.23. The largest absolute Gasteiger partial charge is 0.314 e. The van der Waals surface area contributed by atoms with Gasteiger partial charge in [0.2, 0.25) is 0 Å². The van der Waals surface area contributed by atoms with Gasteiger partial charge >= 0.3 is 0 Å². The van der Waals surface area contributed by atoms with Crippen LogP contribution in [0.25, 0.3) is 0 Å². The molecule has 0 aromatic carbocycles. The van der Waals surface area contributed by atoms with Gasteiger partial charge in [0.15, 0.2) is 0 Å². The zero-order valence-electron chi connectivity index (χ0n) is 13.3.